The minimum Gasteiger partial charge on any atom is -0.497 e. The molecule has 0 heterocycles. The molecule has 0 radical (unpaired) electrons. The smallest absolute Gasteiger partial charge is 0.118 e. The summed E-state index contributed by atoms with van der Waals surface area (Å²) in [6.07, 6.45) is 5.16. The summed E-state index contributed by atoms with van der Waals surface area (Å²) in [5, 5.41) is 3.76. The van der Waals surface area contributed by atoms with E-state index in [2.05, 4.69) is 31.3 Å². The monoisotopic (exact) mass is 247 g/mol. The van der Waals surface area contributed by atoms with Crippen molar-refractivity contribution in [3.05, 3.63) is 29.8 Å². The molecule has 1 aliphatic carbocycles. The van der Waals surface area contributed by atoms with Crippen LogP contribution in [-0.4, -0.2) is 19.2 Å². The molecule has 0 aromatic heterocycles. The average molecular weight is 247 g/mol. The molecular weight excluding hydrogens is 222 g/mol. The van der Waals surface area contributed by atoms with Crippen LogP contribution in [-0.2, 0) is 6.42 Å². The van der Waals surface area contributed by atoms with Crippen molar-refractivity contribution in [2.75, 3.05) is 7.11 Å². The van der Waals surface area contributed by atoms with E-state index in [1.807, 2.05) is 12.1 Å². The molecule has 2 nitrogen and oxygen atoms in total. The first-order valence-electron chi connectivity index (χ1n) is 7.06. The van der Waals surface area contributed by atoms with Gasteiger partial charge in [0.05, 0.1) is 7.11 Å². The summed E-state index contributed by atoms with van der Waals surface area (Å²) in [6.45, 7) is 4.64. The maximum atomic E-state index is 5.18. The first-order valence-corrected chi connectivity index (χ1v) is 7.06. The van der Waals surface area contributed by atoms with E-state index in [0.717, 1.165) is 24.1 Å². The second-order valence-corrected chi connectivity index (χ2v) is 5.74. The molecule has 1 fully saturated rings. The lowest BCUT2D eigenvalue weighted by Gasteiger charge is -2.19. The van der Waals surface area contributed by atoms with Crippen LogP contribution < -0.4 is 10.1 Å². The minimum absolute atomic E-state index is 0.550. The predicted octanol–water partition coefficient (Wildman–Crippen LogP) is 3.40. The van der Waals surface area contributed by atoms with Crippen molar-refractivity contribution in [1.82, 2.24) is 5.32 Å². The third-order valence-electron chi connectivity index (χ3n) is 3.92. The summed E-state index contributed by atoms with van der Waals surface area (Å²) in [4.78, 5) is 0. The van der Waals surface area contributed by atoms with E-state index >= 15 is 0 Å². The Morgan fingerprint density at radius 1 is 1.28 bits per heavy atom. The number of ether oxygens (including phenoxy) is 1. The highest BCUT2D eigenvalue weighted by molar-refractivity contribution is 5.27. The van der Waals surface area contributed by atoms with Crippen LogP contribution in [0.3, 0.4) is 0 Å². The number of nitrogens with one attached hydrogen (secondary N) is 1. The van der Waals surface area contributed by atoms with E-state index in [9.17, 15) is 0 Å². The highest BCUT2D eigenvalue weighted by atomic mass is 16.5. The second-order valence-electron chi connectivity index (χ2n) is 5.74. The largest absolute Gasteiger partial charge is 0.497 e. The molecule has 2 rings (SSSR count). The molecule has 1 saturated carbocycles. The third kappa shape index (κ3) is 3.74. The summed E-state index contributed by atoms with van der Waals surface area (Å²) in [5.74, 6) is 1.83. The van der Waals surface area contributed by atoms with Crippen molar-refractivity contribution < 1.29 is 4.74 Å². The first kappa shape index (κ1) is 13.4. The molecule has 3 atom stereocenters. The fourth-order valence-electron chi connectivity index (χ4n) is 2.93. The Morgan fingerprint density at radius 3 is 2.56 bits per heavy atom. The average Bonchev–Trinajstić information content (AvgIpc) is 2.75. The molecule has 0 aliphatic heterocycles. The van der Waals surface area contributed by atoms with Gasteiger partial charge in [-0.25, -0.2) is 0 Å². The molecule has 1 aromatic carbocycles. The quantitative estimate of drug-likeness (QED) is 0.861. The van der Waals surface area contributed by atoms with Gasteiger partial charge in [-0.3, -0.25) is 0 Å². The van der Waals surface area contributed by atoms with Gasteiger partial charge in [-0.05, 0) is 56.2 Å². The maximum Gasteiger partial charge on any atom is 0.118 e. The van der Waals surface area contributed by atoms with Gasteiger partial charge >= 0.3 is 0 Å². The highest BCUT2D eigenvalue weighted by Crippen LogP contribution is 2.25. The first-order chi connectivity index (χ1) is 8.67. The van der Waals surface area contributed by atoms with Crippen molar-refractivity contribution in [1.29, 1.82) is 0 Å². The Bertz CT molecular complexity index is 360. The topological polar surface area (TPSA) is 21.3 Å². The molecule has 1 aromatic rings. The van der Waals surface area contributed by atoms with Gasteiger partial charge in [-0.15, -0.1) is 0 Å². The lowest BCUT2D eigenvalue weighted by Crippen LogP contribution is -2.36. The molecule has 100 valence electrons. The van der Waals surface area contributed by atoms with Gasteiger partial charge < -0.3 is 10.1 Å². The van der Waals surface area contributed by atoms with Crippen molar-refractivity contribution in [3.63, 3.8) is 0 Å². The molecule has 0 bridgehead atoms. The van der Waals surface area contributed by atoms with Gasteiger partial charge in [-0.2, -0.15) is 0 Å². The summed E-state index contributed by atoms with van der Waals surface area (Å²) >= 11 is 0. The van der Waals surface area contributed by atoms with Crippen LogP contribution in [0.25, 0.3) is 0 Å². The lowest BCUT2D eigenvalue weighted by atomic mass is 10.1. The van der Waals surface area contributed by atoms with Gasteiger partial charge in [0, 0.05) is 12.1 Å². The predicted molar refractivity (Wildman–Crippen MR) is 76.1 cm³/mol. The Kier molecular flexibility index (Phi) is 4.65. The van der Waals surface area contributed by atoms with Gasteiger partial charge in [-0.1, -0.05) is 19.1 Å². The molecule has 0 amide bonds. The van der Waals surface area contributed by atoms with Crippen molar-refractivity contribution in [3.8, 4) is 5.75 Å². The number of rotatable bonds is 5. The van der Waals surface area contributed by atoms with Crippen LogP contribution in [0.5, 0.6) is 5.75 Å². The van der Waals surface area contributed by atoms with Gasteiger partial charge in [0.2, 0.25) is 0 Å². The SMILES string of the molecule is COc1ccc(CC(C)NC2CCC(C)C2)cc1. The van der Waals surface area contributed by atoms with E-state index in [1.165, 1.54) is 24.8 Å². The molecule has 3 unspecified atom stereocenters. The molecule has 0 spiro atoms. The summed E-state index contributed by atoms with van der Waals surface area (Å²) < 4.78 is 5.18. The Balaban J connectivity index is 1.80. The van der Waals surface area contributed by atoms with Crippen molar-refractivity contribution >= 4 is 0 Å². The molecule has 0 saturated heterocycles. The van der Waals surface area contributed by atoms with E-state index < -0.39 is 0 Å². The Hall–Kier alpha value is -1.02. The number of methoxy groups -OCH3 is 1. The second kappa shape index (κ2) is 6.24. The fraction of sp³-hybridized carbons (Fsp3) is 0.625. The van der Waals surface area contributed by atoms with Crippen LogP contribution in [0.1, 0.15) is 38.7 Å². The number of hydrogen-bond acceptors (Lipinski definition) is 2. The van der Waals surface area contributed by atoms with Crippen molar-refractivity contribution in [2.24, 2.45) is 5.92 Å². The number of hydrogen-bond donors (Lipinski definition) is 1. The van der Waals surface area contributed by atoms with Crippen LogP contribution in [0, 0.1) is 5.92 Å². The summed E-state index contributed by atoms with van der Waals surface area (Å²) in [7, 11) is 1.71. The van der Waals surface area contributed by atoms with Crippen LogP contribution >= 0.6 is 0 Å². The van der Waals surface area contributed by atoms with E-state index in [0.29, 0.717) is 6.04 Å². The zero-order valence-corrected chi connectivity index (χ0v) is 11.8. The van der Waals surface area contributed by atoms with Crippen LogP contribution in [0.15, 0.2) is 24.3 Å². The van der Waals surface area contributed by atoms with Gasteiger partial charge in [0.25, 0.3) is 0 Å². The summed E-state index contributed by atoms with van der Waals surface area (Å²) in [5.41, 5.74) is 1.38. The van der Waals surface area contributed by atoms with E-state index in [4.69, 9.17) is 4.74 Å². The standard InChI is InChI=1S/C16H25NO/c1-12-4-7-15(10-12)17-13(2)11-14-5-8-16(18-3)9-6-14/h5-6,8-9,12-13,15,17H,4,7,10-11H2,1-3H3. The highest BCUT2D eigenvalue weighted by Gasteiger charge is 2.22. The Labute approximate surface area is 111 Å². The van der Waals surface area contributed by atoms with E-state index in [-0.39, 0.29) is 0 Å². The normalized spacial score (nSPS) is 25.1. The Morgan fingerprint density at radius 2 is 2.00 bits per heavy atom. The minimum atomic E-state index is 0.550. The van der Waals surface area contributed by atoms with Crippen molar-refractivity contribution in [2.45, 2.75) is 51.6 Å². The molecule has 1 aliphatic rings. The fourth-order valence-corrected chi connectivity index (χ4v) is 2.93. The van der Waals surface area contributed by atoms with Gasteiger partial charge in [0.1, 0.15) is 5.75 Å². The third-order valence-corrected chi connectivity index (χ3v) is 3.92. The van der Waals surface area contributed by atoms with Crippen LogP contribution in [0.4, 0.5) is 0 Å². The maximum absolute atomic E-state index is 5.18. The summed E-state index contributed by atoms with van der Waals surface area (Å²) in [6, 6.07) is 9.68. The van der Waals surface area contributed by atoms with E-state index in [1.54, 1.807) is 7.11 Å². The lowest BCUT2D eigenvalue weighted by molar-refractivity contribution is 0.414. The molecule has 1 N–H and O–H groups in total. The molecule has 18 heavy (non-hydrogen) atoms. The zero-order chi connectivity index (χ0) is 13.0. The zero-order valence-electron chi connectivity index (χ0n) is 11.8. The molecular formula is C16H25NO. The van der Waals surface area contributed by atoms with Crippen LogP contribution in [0.2, 0.25) is 0 Å². The number of benzene rings is 1. The van der Waals surface area contributed by atoms with Gasteiger partial charge in [0.15, 0.2) is 0 Å². The molecule has 2 heteroatoms.